The van der Waals surface area contributed by atoms with Crippen molar-refractivity contribution >= 4 is 29.0 Å². The summed E-state index contributed by atoms with van der Waals surface area (Å²) >= 11 is 5.13. The third-order valence-corrected chi connectivity index (χ3v) is 4.84. The van der Waals surface area contributed by atoms with Crippen LogP contribution >= 0.6 is 12.2 Å². The molecule has 1 aliphatic heterocycles. The van der Waals surface area contributed by atoms with Gasteiger partial charge in [0.2, 0.25) is 11.8 Å². The van der Waals surface area contributed by atoms with E-state index < -0.39 is 5.41 Å². The summed E-state index contributed by atoms with van der Waals surface area (Å²) in [4.78, 5) is 26.1. The summed E-state index contributed by atoms with van der Waals surface area (Å²) in [5, 5.41) is 0. The summed E-state index contributed by atoms with van der Waals surface area (Å²) in [6.07, 6.45) is 5.01. The van der Waals surface area contributed by atoms with Crippen molar-refractivity contribution in [1.82, 2.24) is 4.90 Å². The molecule has 0 aromatic rings. The number of carbonyl (C=O) groups is 2. The third kappa shape index (κ3) is 2.59. The lowest BCUT2D eigenvalue weighted by atomic mass is 9.83. The summed E-state index contributed by atoms with van der Waals surface area (Å²) in [6, 6.07) is 0. The van der Waals surface area contributed by atoms with E-state index >= 15 is 0 Å². The minimum Gasteiger partial charge on any atom is -0.392 e. The molecule has 1 aliphatic carbocycles. The van der Waals surface area contributed by atoms with E-state index in [2.05, 4.69) is 0 Å². The zero-order chi connectivity index (χ0) is 14.0. The van der Waals surface area contributed by atoms with Gasteiger partial charge in [0.15, 0.2) is 0 Å². The lowest BCUT2D eigenvalue weighted by Gasteiger charge is -2.37. The molecule has 1 saturated carbocycles. The Kier molecular flexibility index (Phi) is 4.08. The number of amides is 2. The molecule has 5 nitrogen and oxygen atoms in total. The van der Waals surface area contributed by atoms with Crippen LogP contribution in [-0.2, 0) is 9.59 Å². The van der Waals surface area contributed by atoms with Crippen molar-refractivity contribution in [3.63, 3.8) is 0 Å². The van der Waals surface area contributed by atoms with Gasteiger partial charge >= 0.3 is 0 Å². The SMILES string of the molecule is NC(=O)C1CCCN(C(=O)C2(C(N)=S)CCCC2)C1. The molecule has 0 spiro atoms. The minimum absolute atomic E-state index is 0.00319. The molecule has 0 bridgehead atoms. The molecular formula is C13H21N3O2S. The second-order valence-corrected chi connectivity index (χ2v) is 6.09. The van der Waals surface area contributed by atoms with E-state index in [-0.39, 0.29) is 17.7 Å². The van der Waals surface area contributed by atoms with E-state index in [1.54, 1.807) is 4.90 Å². The van der Waals surface area contributed by atoms with Crippen LogP contribution in [0.5, 0.6) is 0 Å². The number of primary amides is 1. The first-order valence-corrected chi connectivity index (χ1v) is 7.27. The second kappa shape index (κ2) is 5.45. The molecule has 0 aromatic carbocycles. The first-order chi connectivity index (χ1) is 8.97. The summed E-state index contributed by atoms with van der Waals surface area (Å²) in [5.41, 5.74) is 10.5. The minimum atomic E-state index is -0.672. The highest BCUT2D eigenvalue weighted by Gasteiger charge is 2.47. The molecule has 1 atom stereocenters. The number of hydrogen-bond acceptors (Lipinski definition) is 3. The maximum atomic E-state index is 12.7. The monoisotopic (exact) mass is 283 g/mol. The Morgan fingerprint density at radius 1 is 1.16 bits per heavy atom. The fraction of sp³-hybridized carbons (Fsp3) is 0.769. The molecule has 6 heteroatoms. The van der Waals surface area contributed by atoms with Crippen LogP contribution in [0.15, 0.2) is 0 Å². The van der Waals surface area contributed by atoms with Crippen molar-refractivity contribution in [2.45, 2.75) is 38.5 Å². The molecule has 2 amide bonds. The summed E-state index contributed by atoms with van der Waals surface area (Å²) in [6.45, 7) is 1.09. The fourth-order valence-electron chi connectivity index (χ4n) is 3.24. The van der Waals surface area contributed by atoms with Gasteiger partial charge in [-0.1, -0.05) is 25.1 Å². The number of nitrogens with two attached hydrogens (primary N) is 2. The third-order valence-electron chi connectivity index (χ3n) is 4.45. The van der Waals surface area contributed by atoms with Crippen LogP contribution in [0.1, 0.15) is 38.5 Å². The van der Waals surface area contributed by atoms with Crippen LogP contribution in [0, 0.1) is 11.3 Å². The quantitative estimate of drug-likeness (QED) is 0.740. The van der Waals surface area contributed by atoms with Crippen molar-refractivity contribution in [3.8, 4) is 0 Å². The van der Waals surface area contributed by atoms with Crippen LogP contribution in [-0.4, -0.2) is 34.8 Å². The smallest absolute Gasteiger partial charge is 0.235 e. The highest BCUT2D eigenvalue weighted by atomic mass is 32.1. The first kappa shape index (κ1) is 14.2. The highest BCUT2D eigenvalue weighted by molar-refractivity contribution is 7.80. The van der Waals surface area contributed by atoms with Crippen LogP contribution in [0.3, 0.4) is 0 Å². The molecular weight excluding hydrogens is 262 g/mol. The fourth-order valence-corrected chi connectivity index (χ4v) is 3.53. The predicted octanol–water partition coefficient (Wildman–Crippen LogP) is 0.557. The number of carbonyl (C=O) groups excluding carboxylic acids is 2. The second-order valence-electron chi connectivity index (χ2n) is 5.65. The van der Waals surface area contributed by atoms with Gasteiger partial charge in [-0.25, -0.2) is 0 Å². The average Bonchev–Trinajstić information content (AvgIpc) is 2.88. The Bertz CT molecular complexity index is 405. The number of likely N-dealkylation sites (tertiary alicyclic amines) is 1. The van der Waals surface area contributed by atoms with E-state index in [9.17, 15) is 9.59 Å². The van der Waals surface area contributed by atoms with Gasteiger partial charge in [-0.15, -0.1) is 0 Å². The Morgan fingerprint density at radius 3 is 2.32 bits per heavy atom. The standard InChI is InChI=1S/C13H21N3O2S/c14-10(17)9-4-3-7-16(8-9)12(18)13(11(15)19)5-1-2-6-13/h9H,1-8H2,(H2,14,17)(H2,15,19). The number of hydrogen-bond donors (Lipinski definition) is 2. The lowest BCUT2D eigenvalue weighted by Crippen LogP contribution is -2.53. The molecule has 1 saturated heterocycles. The first-order valence-electron chi connectivity index (χ1n) is 6.86. The molecule has 2 aliphatic rings. The zero-order valence-electron chi connectivity index (χ0n) is 11.1. The molecule has 0 aromatic heterocycles. The van der Waals surface area contributed by atoms with Gasteiger partial charge in [0, 0.05) is 13.1 Å². The number of thiocarbonyl (C=S) groups is 1. The van der Waals surface area contributed by atoms with Gasteiger partial charge in [-0.3, -0.25) is 9.59 Å². The van der Waals surface area contributed by atoms with Crippen LogP contribution in [0.25, 0.3) is 0 Å². The van der Waals surface area contributed by atoms with Gasteiger partial charge in [0.05, 0.1) is 16.3 Å². The molecule has 2 rings (SSSR count). The molecule has 106 valence electrons. The Hall–Kier alpha value is -1.17. The van der Waals surface area contributed by atoms with E-state index in [0.717, 1.165) is 38.5 Å². The van der Waals surface area contributed by atoms with Crippen molar-refractivity contribution in [1.29, 1.82) is 0 Å². The molecule has 0 radical (unpaired) electrons. The van der Waals surface area contributed by atoms with E-state index in [4.69, 9.17) is 23.7 Å². The van der Waals surface area contributed by atoms with Crippen molar-refractivity contribution < 1.29 is 9.59 Å². The van der Waals surface area contributed by atoms with Gasteiger partial charge < -0.3 is 16.4 Å². The van der Waals surface area contributed by atoms with Gasteiger partial charge in [0.1, 0.15) is 0 Å². The van der Waals surface area contributed by atoms with Crippen molar-refractivity contribution in [2.24, 2.45) is 22.8 Å². The zero-order valence-corrected chi connectivity index (χ0v) is 11.9. The van der Waals surface area contributed by atoms with Crippen LogP contribution < -0.4 is 11.5 Å². The Balaban J connectivity index is 2.14. The normalized spacial score (nSPS) is 26.1. The van der Waals surface area contributed by atoms with Gasteiger partial charge in [0.25, 0.3) is 0 Å². The molecule has 1 heterocycles. The highest BCUT2D eigenvalue weighted by Crippen LogP contribution is 2.40. The van der Waals surface area contributed by atoms with Crippen LogP contribution in [0.2, 0.25) is 0 Å². The average molecular weight is 283 g/mol. The summed E-state index contributed by atoms with van der Waals surface area (Å²) in [5.74, 6) is -0.556. The lowest BCUT2D eigenvalue weighted by molar-refractivity contribution is -0.141. The van der Waals surface area contributed by atoms with Gasteiger partial charge in [-0.2, -0.15) is 0 Å². The molecule has 2 fully saturated rings. The van der Waals surface area contributed by atoms with E-state index in [1.807, 2.05) is 0 Å². The summed E-state index contributed by atoms with van der Waals surface area (Å²) in [7, 11) is 0. The molecule has 1 unspecified atom stereocenters. The maximum absolute atomic E-state index is 12.7. The molecule has 19 heavy (non-hydrogen) atoms. The number of piperidine rings is 1. The van der Waals surface area contributed by atoms with Gasteiger partial charge in [-0.05, 0) is 25.7 Å². The largest absolute Gasteiger partial charge is 0.392 e. The van der Waals surface area contributed by atoms with Crippen molar-refractivity contribution in [3.05, 3.63) is 0 Å². The Labute approximate surface area is 118 Å². The number of nitrogens with zero attached hydrogens (tertiary/aromatic N) is 1. The van der Waals surface area contributed by atoms with Crippen LogP contribution in [0.4, 0.5) is 0 Å². The molecule has 4 N–H and O–H groups in total. The Morgan fingerprint density at radius 2 is 1.79 bits per heavy atom. The van der Waals surface area contributed by atoms with Crippen molar-refractivity contribution in [2.75, 3.05) is 13.1 Å². The maximum Gasteiger partial charge on any atom is 0.235 e. The topological polar surface area (TPSA) is 89.4 Å². The van der Waals surface area contributed by atoms with E-state index in [1.165, 1.54) is 0 Å². The number of rotatable bonds is 3. The summed E-state index contributed by atoms with van der Waals surface area (Å²) < 4.78 is 0. The van der Waals surface area contributed by atoms with E-state index in [0.29, 0.717) is 18.1 Å². The predicted molar refractivity (Wildman–Crippen MR) is 76.2 cm³/mol.